The Morgan fingerprint density at radius 3 is 2.67 bits per heavy atom. The van der Waals surface area contributed by atoms with E-state index >= 15 is 0 Å². The van der Waals surface area contributed by atoms with Gasteiger partial charge < -0.3 is 11.1 Å². The maximum Gasteiger partial charge on any atom is 0.241 e. The molecule has 1 atom stereocenters. The summed E-state index contributed by atoms with van der Waals surface area (Å²) in [5.41, 5.74) is 7.16. The van der Waals surface area contributed by atoms with Crippen LogP contribution in [0.2, 0.25) is 10.0 Å². The van der Waals surface area contributed by atoms with Crippen molar-refractivity contribution in [3.8, 4) is 0 Å². The fraction of sp³-hybridized carbons (Fsp3) is 0.462. The number of unbranched alkanes of at least 4 members (excludes halogenated alkanes) is 1. The molecular formula is C13H18Cl2N2O. The number of hydrogen-bond acceptors (Lipinski definition) is 2. The topological polar surface area (TPSA) is 55.1 Å². The number of carbonyl (C=O) groups is 1. The monoisotopic (exact) mass is 288 g/mol. The Bertz CT molecular complexity index is 435. The lowest BCUT2D eigenvalue weighted by Crippen LogP contribution is -2.35. The maximum atomic E-state index is 11.8. The molecule has 1 aromatic rings. The highest BCUT2D eigenvalue weighted by molar-refractivity contribution is 6.36. The Balaban J connectivity index is 2.72. The summed E-state index contributed by atoms with van der Waals surface area (Å²) in [7, 11) is 0. The highest BCUT2D eigenvalue weighted by Crippen LogP contribution is 2.28. The third-order valence-corrected chi connectivity index (χ3v) is 3.43. The largest absolute Gasteiger partial charge is 0.323 e. The van der Waals surface area contributed by atoms with Crippen LogP contribution in [0.5, 0.6) is 0 Å². The molecule has 1 rings (SSSR count). The molecule has 1 unspecified atom stereocenters. The molecule has 0 aliphatic rings. The lowest BCUT2D eigenvalue weighted by atomic mass is 10.1. The first-order chi connectivity index (χ1) is 8.45. The molecule has 1 aromatic carbocycles. The summed E-state index contributed by atoms with van der Waals surface area (Å²) in [4.78, 5) is 11.8. The fourth-order valence-electron chi connectivity index (χ4n) is 1.52. The molecule has 0 fully saturated rings. The minimum Gasteiger partial charge on any atom is -0.323 e. The fourth-order valence-corrected chi connectivity index (χ4v) is 1.95. The van der Waals surface area contributed by atoms with Gasteiger partial charge in [0.1, 0.15) is 0 Å². The zero-order valence-electron chi connectivity index (χ0n) is 10.6. The van der Waals surface area contributed by atoms with Crippen molar-refractivity contribution in [2.45, 2.75) is 39.2 Å². The van der Waals surface area contributed by atoms with E-state index in [1.54, 1.807) is 12.1 Å². The van der Waals surface area contributed by atoms with Gasteiger partial charge in [0.15, 0.2) is 0 Å². The van der Waals surface area contributed by atoms with Crippen molar-refractivity contribution in [1.82, 2.24) is 0 Å². The summed E-state index contributed by atoms with van der Waals surface area (Å²) in [6, 6.07) is 2.85. The molecule has 3 nitrogen and oxygen atoms in total. The SMILES string of the molecule is CCCCC(N)C(=O)Nc1cc(Cl)c(C)cc1Cl. The summed E-state index contributed by atoms with van der Waals surface area (Å²) in [5.74, 6) is -0.231. The Hall–Kier alpha value is -0.770. The molecule has 1 amide bonds. The Morgan fingerprint density at radius 2 is 2.06 bits per heavy atom. The van der Waals surface area contributed by atoms with Gasteiger partial charge in [-0.2, -0.15) is 0 Å². The maximum absolute atomic E-state index is 11.8. The van der Waals surface area contributed by atoms with Gasteiger partial charge in [0, 0.05) is 5.02 Å². The van der Waals surface area contributed by atoms with E-state index in [1.807, 2.05) is 6.92 Å². The van der Waals surface area contributed by atoms with E-state index in [4.69, 9.17) is 28.9 Å². The van der Waals surface area contributed by atoms with Gasteiger partial charge in [-0.15, -0.1) is 0 Å². The molecule has 5 heteroatoms. The molecule has 0 spiro atoms. The molecule has 18 heavy (non-hydrogen) atoms. The summed E-state index contributed by atoms with van der Waals surface area (Å²) < 4.78 is 0. The summed E-state index contributed by atoms with van der Waals surface area (Å²) in [6.45, 7) is 3.91. The van der Waals surface area contributed by atoms with Crippen LogP contribution in [0.15, 0.2) is 12.1 Å². The molecule has 0 radical (unpaired) electrons. The smallest absolute Gasteiger partial charge is 0.241 e. The molecule has 0 saturated heterocycles. The number of rotatable bonds is 5. The predicted octanol–water partition coefficient (Wildman–Crippen LogP) is 3.76. The third kappa shape index (κ3) is 4.16. The summed E-state index contributed by atoms with van der Waals surface area (Å²) in [6.07, 6.45) is 2.61. The van der Waals surface area contributed by atoms with Crippen molar-refractivity contribution in [2.75, 3.05) is 5.32 Å². The highest BCUT2D eigenvalue weighted by Gasteiger charge is 2.15. The van der Waals surface area contributed by atoms with Crippen LogP contribution in [0.3, 0.4) is 0 Å². The molecule has 0 saturated carbocycles. The van der Waals surface area contributed by atoms with Crippen molar-refractivity contribution in [3.05, 3.63) is 27.7 Å². The number of halogens is 2. The van der Waals surface area contributed by atoms with Gasteiger partial charge in [-0.1, -0.05) is 43.0 Å². The van der Waals surface area contributed by atoms with Gasteiger partial charge in [0.25, 0.3) is 0 Å². The van der Waals surface area contributed by atoms with Crippen LogP contribution in [-0.2, 0) is 4.79 Å². The molecule has 100 valence electrons. The highest BCUT2D eigenvalue weighted by atomic mass is 35.5. The van der Waals surface area contributed by atoms with E-state index in [9.17, 15) is 4.79 Å². The number of aryl methyl sites for hydroxylation is 1. The van der Waals surface area contributed by atoms with Crippen molar-refractivity contribution < 1.29 is 4.79 Å². The third-order valence-electron chi connectivity index (χ3n) is 2.71. The second-order valence-corrected chi connectivity index (χ2v) is 5.13. The van der Waals surface area contributed by atoms with Crippen LogP contribution in [0, 0.1) is 6.92 Å². The first kappa shape index (κ1) is 15.3. The Morgan fingerprint density at radius 1 is 1.39 bits per heavy atom. The molecule has 0 heterocycles. The van der Waals surface area contributed by atoms with Crippen molar-refractivity contribution in [3.63, 3.8) is 0 Å². The molecule has 0 bridgehead atoms. The zero-order valence-corrected chi connectivity index (χ0v) is 12.1. The second-order valence-electron chi connectivity index (χ2n) is 4.32. The van der Waals surface area contributed by atoms with Gasteiger partial charge in [0.05, 0.1) is 16.8 Å². The molecule has 0 aromatic heterocycles. The number of amides is 1. The second kappa shape index (κ2) is 6.98. The predicted molar refractivity (Wildman–Crippen MR) is 77.3 cm³/mol. The van der Waals surface area contributed by atoms with Crippen LogP contribution < -0.4 is 11.1 Å². The molecular weight excluding hydrogens is 271 g/mol. The van der Waals surface area contributed by atoms with Crippen LogP contribution in [-0.4, -0.2) is 11.9 Å². The first-order valence-corrected chi connectivity index (χ1v) is 6.73. The standard InChI is InChI=1S/C13H18Cl2N2O/c1-3-4-5-11(16)13(18)17-12-7-9(14)8(2)6-10(12)15/h6-7,11H,3-5,16H2,1-2H3,(H,17,18). The Labute approximate surface area is 118 Å². The number of hydrogen-bond donors (Lipinski definition) is 2. The summed E-state index contributed by atoms with van der Waals surface area (Å²) in [5, 5.41) is 3.74. The Kier molecular flexibility index (Phi) is 5.93. The first-order valence-electron chi connectivity index (χ1n) is 5.97. The van der Waals surface area contributed by atoms with Crippen molar-refractivity contribution >= 4 is 34.8 Å². The quantitative estimate of drug-likeness (QED) is 0.867. The van der Waals surface area contributed by atoms with Gasteiger partial charge >= 0.3 is 0 Å². The van der Waals surface area contributed by atoms with Gasteiger partial charge in [-0.25, -0.2) is 0 Å². The number of nitrogens with one attached hydrogen (secondary N) is 1. The van der Waals surface area contributed by atoms with E-state index in [2.05, 4.69) is 12.2 Å². The lowest BCUT2D eigenvalue weighted by molar-refractivity contribution is -0.117. The molecule has 0 aliphatic heterocycles. The van der Waals surface area contributed by atoms with Crippen molar-refractivity contribution in [1.29, 1.82) is 0 Å². The number of benzene rings is 1. The van der Waals surface area contributed by atoms with Crippen molar-refractivity contribution in [2.24, 2.45) is 5.73 Å². The van der Waals surface area contributed by atoms with E-state index in [0.29, 0.717) is 22.2 Å². The van der Waals surface area contributed by atoms with E-state index < -0.39 is 6.04 Å². The van der Waals surface area contributed by atoms with Crippen LogP contribution >= 0.6 is 23.2 Å². The lowest BCUT2D eigenvalue weighted by Gasteiger charge is -2.13. The van der Waals surface area contributed by atoms with E-state index in [0.717, 1.165) is 18.4 Å². The average molecular weight is 289 g/mol. The van der Waals surface area contributed by atoms with Gasteiger partial charge in [0.2, 0.25) is 5.91 Å². The van der Waals surface area contributed by atoms with Crippen LogP contribution in [0.25, 0.3) is 0 Å². The number of anilines is 1. The van der Waals surface area contributed by atoms with Gasteiger partial charge in [-0.3, -0.25) is 4.79 Å². The summed E-state index contributed by atoms with van der Waals surface area (Å²) >= 11 is 12.0. The minimum atomic E-state index is -0.513. The van der Waals surface area contributed by atoms with E-state index in [1.165, 1.54) is 0 Å². The van der Waals surface area contributed by atoms with Gasteiger partial charge in [-0.05, 0) is 31.0 Å². The van der Waals surface area contributed by atoms with E-state index in [-0.39, 0.29) is 5.91 Å². The number of nitrogens with two attached hydrogens (primary N) is 1. The normalized spacial score (nSPS) is 12.3. The minimum absolute atomic E-state index is 0.231. The van der Waals surface area contributed by atoms with Crippen LogP contribution in [0.4, 0.5) is 5.69 Å². The zero-order chi connectivity index (χ0) is 13.7. The van der Waals surface area contributed by atoms with Crippen LogP contribution in [0.1, 0.15) is 31.7 Å². The molecule has 0 aliphatic carbocycles. The average Bonchev–Trinajstić information content (AvgIpc) is 2.32. The number of carbonyl (C=O) groups excluding carboxylic acids is 1. The molecule has 3 N–H and O–H groups in total.